The molecule has 0 saturated carbocycles. The van der Waals surface area contributed by atoms with Gasteiger partial charge in [-0.3, -0.25) is 9.69 Å². The Morgan fingerprint density at radius 2 is 2.14 bits per heavy atom. The zero-order valence-electron chi connectivity index (χ0n) is 11.1. The molecule has 1 atom stereocenters. The summed E-state index contributed by atoms with van der Waals surface area (Å²) in [5, 5.41) is 11.2. The number of nitrogens with zero attached hydrogens (tertiary/aromatic N) is 2. The Bertz CT molecular complexity index is 579. The van der Waals surface area contributed by atoms with Crippen LogP contribution in [0, 0.1) is 0 Å². The van der Waals surface area contributed by atoms with Crippen LogP contribution < -0.4 is 5.32 Å². The minimum Gasteiger partial charge on any atom is -0.465 e. The number of pyridine rings is 1. The fraction of sp³-hybridized carbons (Fsp3) is 0.417. The summed E-state index contributed by atoms with van der Waals surface area (Å²) in [6.07, 6.45) is -5.94. The van der Waals surface area contributed by atoms with Gasteiger partial charge in [-0.05, 0) is 12.1 Å². The van der Waals surface area contributed by atoms with Crippen molar-refractivity contribution in [1.82, 2.24) is 9.88 Å². The molecule has 1 aromatic rings. The van der Waals surface area contributed by atoms with Crippen LogP contribution in [0.1, 0.15) is 5.69 Å². The van der Waals surface area contributed by atoms with Crippen LogP contribution in [0.4, 0.5) is 23.8 Å². The third-order valence-electron chi connectivity index (χ3n) is 2.97. The van der Waals surface area contributed by atoms with Crippen molar-refractivity contribution in [2.45, 2.75) is 12.2 Å². The van der Waals surface area contributed by atoms with E-state index in [0.29, 0.717) is 0 Å². The number of alkyl halides is 3. The first-order valence-corrected chi connectivity index (χ1v) is 6.21. The lowest BCUT2D eigenvalue weighted by Crippen LogP contribution is -2.53. The molecule has 1 aromatic heterocycles. The molecule has 0 spiro atoms. The Balaban J connectivity index is 2.12. The van der Waals surface area contributed by atoms with Crippen molar-refractivity contribution < 1.29 is 32.6 Å². The number of carbonyl (C=O) groups is 2. The van der Waals surface area contributed by atoms with E-state index in [1.807, 2.05) is 0 Å². The van der Waals surface area contributed by atoms with E-state index >= 15 is 0 Å². The number of anilines is 1. The van der Waals surface area contributed by atoms with Crippen LogP contribution in [0.25, 0.3) is 0 Å². The molecular formula is C12H12F3N3O4. The number of ether oxygens (including phenoxy) is 1. The quantitative estimate of drug-likeness (QED) is 0.860. The number of aromatic nitrogens is 1. The van der Waals surface area contributed by atoms with Crippen LogP contribution in [-0.2, 0) is 15.7 Å². The number of carboxylic acid groups (broad SMARTS) is 1. The zero-order chi connectivity index (χ0) is 16.3. The summed E-state index contributed by atoms with van der Waals surface area (Å²) < 4.78 is 42.7. The molecule has 120 valence electrons. The summed E-state index contributed by atoms with van der Waals surface area (Å²) in [6, 6.07) is 1.91. The van der Waals surface area contributed by atoms with Gasteiger partial charge in [0.1, 0.15) is 17.6 Å². The molecule has 2 heterocycles. The van der Waals surface area contributed by atoms with E-state index in [9.17, 15) is 22.8 Å². The Morgan fingerprint density at radius 3 is 2.77 bits per heavy atom. The Labute approximate surface area is 122 Å². The standard InChI is InChI=1S/C12H12F3N3O4/c13-12(14,15)8-2-1-3-9(16-8)17-10(19)7-6-22-5-4-18(7)11(20)21/h1-3,7H,4-6H2,(H,20,21)(H,16,17,19). The van der Waals surface area contributed by atoms with Crippen LogP contribution in [0.15, 0.2) is 18.2 Å². The van der Waals surface area contributed by atoms with Crippen LogP contribution in [0.5, 0.6) is 0 Å². The highest BCUT2D eigenvalue weighted by atomic mass is 19.4. The van der Waals surface area contributed by atoms with Crippen molar-refractivity contribution in [3.63, 3.8) is 0 Å². The molecule has 10 heteroatoms. The average Bonchev–Trinajstić information content (AvgIpc) is 2.46. The van der Waals surface area contributed by atoms with Gasteiger partial charge in [0.05, 0.1) is 13.2 Å². The molecule has 0 bridgehead atoms. The Hall–Kier alpha value is -2.36. The smallest absolute Gasteiger partial charge is 0.433 e. The van der Waals surface area contributed by atoms with Gasteiger partial charge in [0.2, 0.25) is 0 Å². The van der Waals surface area contributed by atoms with Crippen molar-refractivity contribution in [3.05, 3.63) is 23.9 Å². The maximum absolute atomic E-state index is 12.5. The molecule has 1 fully saturated rings. The summed E-state index contributed by atoms with van der Waals surface area (Å²) in [6.45, 7) is -0.0155. The summed E-state index contributed by atoms with van der Waals surface area (Å²) in [5.74, 6) is -1.11. The molecule has 2 N–H and O–H groups in total. The highest BCUT2D eigenvalue weighted by Crippen LogP contribution is 2.28. The van der Waals surface area contributed by atoms with Crippen LogP contribution in [0.3, 0.4) is 0 Å². The van der Waals surface area contributed by atoms with Gasteiger partial charge in [0.15, 0.2) is 0 Å². The number of rotatable bonds is 2. The first kappa shape index (κ1) is 16.0. The van der Waals surface area contributed by atoms with Gasteiger partial charge < -0.3 is 15.2 Å². The summed E-state index contributed by atoms with van der Waals surface area (Å²) >= 11 is 0. The molecule has 1 aliphatic rings. The molecule has 0 aliphatic carbocycles. The van der Waals surface area contributed by atoms with E-state index in [0.717, 1.165) is 17.0 Å². The van der Waals surface area contributed by atoms with E-state index in [4.69, 9.17) is 9.84 Å². The number of carbonyl (C=O) groups excluding carboxylic acids is 1. The second-order valence-electron chi connectivity index (χ2n) is 4.46. The van der Waals surface area contributed by atoms with Crippen molar-refractivity contribution in [1.29, 1.82) is 0 Å². The fourth-order valence-electron chi connectivity index (χ4n) is 1.92. The maximum atomic E-state index is 12.5. The van der Waals surface area contributed by atoms with Gasteiger partial charge in [-0.15, -0.1) is 0 Å². The normalized spacial score (nSPS) is 18.9. The first-order chi connectivity index (χ1) is 10.3. The van der Waals surface area contributed by atoms with Crippen LogP contribution >= 0.6 is 0 Å². The SMILES string of the molecule is O=C(Nc1cccc(C(F)(F)F)n1)C1COCCN1C(=O)O. The molecular weight excluding hydrogens is 307 g/mol. The number of nitrogens with one attached hydrogen (secondary N) is 1. The molecule has 0 aromatic carbocycles. The fourth-order valence-corrected chi connectivity index (χ4v) is 1.92. The summed E-state index contributed by atoms with van der Waals surface area (Å²) in [7, 11) is 0. The monoisotopic (exact) mass is 319 g/mol. The summed E-state index contributed by atoms with van der Waals surface area (Å²) in [5.41, 5.74) is -1.15. The van der Waals surface area contributed by atoms with E-state index in [-0.39, 0.29) is 25.6 Å². The predicted octanol–water partition coefficient (Wildman–Crippen LogP) is 1.42. The van der Waals surface area contributed by atoms with Gasteiger partial charge in [0.25, 0.3) is 5.91 Å². The van der Waals surface area contributed by atoms with Gasteiger partial charge in [-0.25, -0.2) is 9.78 Å². The lowest BCUT2D eigenvalue weighted by atomic mass is 10.2. The highest BCUT2D eigenvalue weighted by Gasteiger charge is 2.34. The average molecular weight is 319 g/mol. The zero-order valence-corrected chi connectivity index (χ0v) is 11.1. The van der Waals surface area contributed by atoms with Crippen molar-refractivity contribution in [2.24, 2.45) is 0 Å². The number of hydrogen-bond acceptors (Lipinski definition) is 4. The lowest BCUT2D eigenvalue weighted by Gasteiger charge is -2.32. The number of halogens is 3. The predicted molar refractivity (Wildman–Crippen MR) is 67.2 cm³/mol. The van der Waals surface area contributed by atoms with Crippen molar-refractivity contribution >= 4 is 17.8 Å². The van der Waals surface area contributed by atoms with Crippen LogP contribution in [-0.4, -0.2) is 52.8 Å². The first-order valence-electron chi connectivity index (χ1n) is 6.21. The van der Waals surface area contributed by atoms with E-state index < -0.39 is 29.9 Å². The maximum Gasteiger partial charge on any atom is 0.433 e. The van der Waals surface area contributed by atoms with Gasteiger partial charge in [0, 0.05) is 6.54 Å². The van der Waals surface area contributed by atoms with Crippen molar-refractivity contribution in [3.8, 4) is 0 Å². The second-order valence-corrected chi connectivity index (χ2v) is 4.46. The summed E-state index contributed by atoms with van der Waals surface area (Å²) in [4.78, 5) is 27.2. The topological polar surface area (TPSA) is 91.8 Å². The molecule has 2 rings (SSSR count). The molecule has 2 amide bonds. The van der Waals surface area contributed by atoms with Gasteiger partial charge >= 0.3 is 12.3 Å². The van der Waals surface area contributed by atoms with Gasteiger partial charge in [-0.2, -0.15) is 13.2 Å². The molecule has 1 saturated heterocycles. The second kappa shape index (κ2) is 6.18. The van der Waals surface area contributed by atoms with Crippen molar-refractivity contribution in [2.75, 3.05) is 25.1 Å². The molecule has 1 aliphatic heterocycles. The lowest BCUT2D eigenvalue weighted by molar-refractivity contribution is -0.141. The number of morpholine rings is 1. The van der Waals surface area contributed by atoms with Gasteiger partial charge in [-0.1, -0.05) is 6.07 Å². The number of hydrogen-bond donors (Lipinski definition) is 2. The molecule has 0 radical (unpaired) electrons. The third kappa shape index (κ3) is 3.64. The van der Waals surface area contributed by atoms with E-state index in [1.54, 1.807) is 0 Å². The molecule has 22 heavy (non-hydrogen) atoms. The molecule has 1 unspecified atom stereocenters. The minimum absolute atomic E-state index is 0.00341. The number of amides is 2. The molecule has 7 nitrogen and oxygen atoms in total. The van der Waals surface area contributed by atoms with E-state index in [2.05, 4.69) is 10.3 Å². The van der Waals surface area contributed by atoms with Crippen LogP contribution in [0.2, 0.25) is 0 Å². The third-order valence-corrected chi connectivity index (χ3v) is 2.97. The van der Waals surface area contributed by atoms with E-state index in [1.165, 1.54) is 6.07 Å². The largest absolute Gasteiger partial charge is 0.465 e. The Kier molecular flexibility index (Phi) is 4.50. The highest BCUT2D eigenvalue weighted by molar-refractivity contribution is 5.96. The minimum atomic E-state index is -4.64. The Morgan fingerprint density at radius 1 is 1.41 bits per heavy atom.